The van der Waals surface area contributed by atoms with Crippen molar-refractivity contribution in [2.24, 2.45) is 0 Å². The van der Waals surface area contributed by atoms with E-state index in [-0.39, 0.29) is 12.6 Å². The first kappa shape index (κ1) is 17.9. The highest BCUT2D eigenvalue weighted by molar-refractivity contribution is 5.33. The maximum atomic E-state index is 13.5. The van der Waals surface area contributed by atoms with Crippen LogP contribution < -0.4 is 0 Å². The summed E-state index contributed by atoms with van der Waals surface area (Å²) in [6.45, 7) is 1.89. The monoisotopic (exact) mass is 370 g/mol. The van der Waals surface area contributed by atoms with E-state index < -0.39 is 11.7 Å². The zero-order chi connectivity index (χ0) is 18.9. The summed E-state index contributed by atoms with van der Waals surface area (Å²) in [6.07, 6.45) is -1.39. The molecule has 2 aromatic carbocycles. The molecule has 0 spiro atoms. The minimum atomic E-state index is -4.34. The van der Waals surface area contributed by atoms with Gasteiger partial charge in [-0.1, -0.05) is 48.5 Å². The summed E-state index contributed by atoms with van der Waals surface area (Å²) in [7, 11) is 0. The lowest BCUT2D eigenvalue weighted by Gasteiger charge is -2.31. The van der Waals surface area contributed by atoms with Crippen LogP contribution in [-0.4, -0.2) is 16.0 Å². The Morgan fingerprint density at radius 3 is 2.37 bits per heavy atom. The summed E-state index contributed by atoms with van der Waals surface area (Å²) < 4.78 is 42.6. The van der Waals surface area contributed by atoms with E-state index in [1.807, 2.05) is 24.3 Å². The number of benzene rings is 2. The minimum absolute atomic E-state index is 0.0648. The number of fused-ring (bicyclic) bond motifs is 1. The molecule has 27 heavy (non-hydrogen) atoms. The molecular formula is C22H21F3N2. The number of halogens is 3. The molecular weight excluding hydrogens is 349 g/mol. The van der Waals surface area contributed by atoms with E-state index in [0.29, 0.717) is 5.56 Å². The Labute approximate surface area is 156 Å². The van der Waals surface area contributed by atoms with E-state index in [1.165, 1.54) is 12.1 Å². The Bertz CT molecular complexity index is 899. The van der Waals surface area contributed by atoms with Crippen molar-refractivity contribution >= 4 is 0 Å². The van der Waals surface area contributed by atoms with Crippen molar-refractivity contribution in [3.05, 3.63) is 95.3 Å². The Hall–Kier alpha value is -2.53. The highest BCUT2D eigenvalue weighted by Gasteiger charge is 2.34. The molecule has 2 heterocycles. The Morgan fingerprint density at radius 2 is 1.59 bits per heavy atom. The lowest BCUT2D eigenvalue weighted by atomic mass is 10.00. The quantitative estimate of drug-likeness (QED) is 0.591. The van der Waals surface area contributed by atoms with Crippen molar-refractivity contribution < 1.29 is 13.2 Å². The molecule has 0 amide bonds. The average Bonchev–Trinajstić information content (AvgIpc) is 3.03. The lowest BCUT2D eigenvalue weighted by Crippen LogP contribution is -2.30. The third kappa shape index (κ3) is 3.65. The van der Waals surface area contributed by atoms with E-state index in [4.69, 9.17) is 0 Å². The molecule has 1 aliphatic rings. The maximum Gasteiger partial charge on any atom is 0.416 e. The van der Waals surface area contributed by atoms with Gasteiger partial charge in [-0.05, 0) is 35.7 Å². The van der Waals surface area contributed by atoms with Gasteiger partial charge in [0.25, 0.3) is 0 Å². The number of rotatable bonds is 3. The summed E-state index contributed by atoms with van der Waals surface area (Å²) in [5.41, 5.74) is 2.01. The molecule has 0 aliphatic carbocycles. The van der Waals surface area contributed by atoms with Crippen LogP contribution in [0.2, 0.25) is 0 Å². The van der Waals surface area contributed by atoms with E-state index in [2.05, 4.69) is 33.9 Å². The SMILES string of the molecule is FC(F)(F)c1ccccc1CN1CCCn2cccc2[C@H]1c1ccccc1. The van der Waals surface area contributed by atoms with Gasteiger partial charge < -0.3 is 4.57 Å². The van der Waals surface area contributed by atoms with Crippen LogP contribution in [0.5, 0.6) is 0 Å². The molecule has 0 N–H and O–H groups in total. The third-order valence-corrected chi connectivity index (χ3v) is 5.17. The van der Waals surface area contributed by atoms with Gasteiger partial charge >= 0.3 is 6.18 Å². The first-order valence-corrected chi connectivity index (χ1v) is 9.13. The van der Waals surface area contributed by atoms with Gasteiger partial charge in [-0.15, -0.1) is 0 Å². The van der Waals surface area contributed by atoms with E-state index in [9.17, 15) is 13.2 Å². The normalized spacial score (nSPS) is 18.1. The van der Waals surface area contributed by atoms with Gasteiger partial charge in [-0.3, -0.25) is 4.90 Å². The van der Waals surface area contributed by atoms with Crippen molar-refractivity contribution in [3.8, 4) is 0 Å². The van der Waals surface area contributed by atoms with Crippen LogP contribution in [0.25, 0.3) is 0 Å². The van der Waals surface area contributed by atoms with E-state index >= 15 is 0 Å². The van der Waals surface area contributed by atoms with Crippen molar-refractivity contribution in [2.75, 3.05) is 6.54 Å². The van der Waals surface area contributed by atoms with E-state index in [1.54, 1.807) is 12.1 Å². The molecule has 1 aliphatic heterocycles. The van der Waals surface area contributed by atoms with Crippen LogP contribution in [-0.2, 0) is 19.3 Å². The van der Waals surface area contributed by atoms with Crippen molar-refractivity contribution in [1.82, 2.24) is 9.47 Å². The second-order valence-corrected chi connectivity index (χ2v) is 6.92. The largest absolute Gasteiger partial charge is 0.416 e. The smallest absolute Gasteiger partial charge is 0.350 e. The molecule has 0 bridgehead atoms. The van der Waals surface area contributed by atoms with E-state index in [0.717, 1.165) is 30.8 Å². The van der Waals surface area contributed by atoms with Crippen molar-refractivity contribution in [3.63, 3.8) is 0 Å². The molecule has 0 saturated heterocycles. The van der Waals surface area contributed by atoms with Crippen LogP contribution in [0.15, 0.2) is 72.9 Å². The molecule has 2 nitrogen and oxygen atoms in total. The molecule has 3 aromatic rings. The summed E-state index contributed by atoms with van der Waals surface area (Å²) in [5.74, 6) is 0. The fraction of sp³-hybridized carbons (Fsp3) is 0.273. The van der Waals surface area contributed by atoms with Crippen LogP contribution in [0.4, 0.5) is 13.2 Å². The van der Waals surface area contributed by atoms with Crippen LogP contribution >= 0.6 is 0 Å². The zero-order valence-electron chi connectivity index (χ0n) is 14.9. The molecule has 0 fully saturated rings. The Balaban J connectivity index is 1.75. The van der Waals surface area contributed by atoms with Gasteiger partial charge in [-0.2, -0.15) is 13.2 Å². The standard InChI is InChI=1S/C22H21F3N2/c23-22(24,25)19-11-5-4-10-18(19)16-27-15-7-14-26-13-6-12-20(26)21(27)17-8-2-1-3-9-17/h1-6,8-13,21H,7,14-16H2/t21-/m1/s1. The van der Waals surface area contributed by atoms with Gasteiger partial charge in [0.2, 0.25) is 0 Å². The van der Waals surface area contributed by atoms with Gasteiger partial charge in [0.15, 0.2) is 0 Å². The second-order valence-electron chi connectivity index (χ2n) is 6.92. The minimum Gasteiger partial charge on any atom is -0.350 e. The Morgan fingerprint density at radius 1 is 0.852 bits per heavy atom. The van der Waals surface area contributed by atoms with Crippen molar-refractivity contribution in [1.29, 1.82) is 0 Å². The van der Waals surface area contributed by atoms with Crippen LogP contribution in [0.3, 0.4) is 0 Å². The number of alkyl halides is 3. The molecule has 1 atom stereocenters. The fourth-order valence-electron chi connectivity index (χ4n) is 3.98. The maximum absolute atomic E-state index is 13.5. The number of nitrogens with zero attached hydrogens (tertiary/aromatic N) is 2. The highest BCUT2D eigenvalue weighted by Crippen LogP contribution is 2.36. The van der Waals surface area contributed by atoms with Gasteiger partial charge in [-0.25, -0.2) is 0 Å². The number of hydrogen-bond acceptors (Lipinski definition) is 1. The lowest BCUT2D eigenvalue weighted by molar-refractivity contribution is -0.138. The second kappa shape index (κ2) is 7.24. The predicted octanol–water partition coefficient (Wildman–Crippen LogP) is 5.50. The molecule has 4 rings (SSSR count). The molecule has 0 radical (unpaired) electrons. The molecule has 5 heteroatoms. The number of hydrogen-bond donors (Lipinski definition) is 0. The predicted molar refractivity (Wildman–Crippen MR) is 99.2 cm³/mol. The topological polar surface area (TPSA) is 8.17 Å². The molecule has 1 aromatic heterocycles. The van der Waals surface area contributed by atoms with Crippen LogP contribution in [0, 0.1) is 0 Å². The molecule has 140 valence electrons. The first-order valence-electron chi connectivity index (χ1n) is 9.13. The van der Waals surface area contributed by atoms with Gasteiger partial charge in [0, 0.05) is 31.5 Å². The number of aromatic nitrogens is 1. The summed E-state index contributed by atoms with van der Waals surface area (Å²) in [6, 6.07) is 20.0. The number of aryl methyl sites for hydroxylation is 1. The van der Waals surface area contributed by atoms with Gasteiger partial charge in [0.1, 0.15) is 0 Å². The molecule has 0 saturated carbocycles. The summed E-state index contributed by atoms with van der Waals surface area (Å²) in [5, 5.41) is 0. The fourth-order valence-corrected chi connectivity index (χ4v) is 3.98. The summed E-state index contributed by atoms with van der Waals surface area (Å²) >= 11 is 0. The zero-order valence-corrected chi connectivity index (χ0v) is 14.9. The Kier molecular flexibility index (Phi) is 4.79. The average molecular weight is 370 g/mol. The van der Waals surface area contributed by atoms with Gasteiger partial charge in [0.05, 0.1) is 11.6 Å². The first-order chi connectivity index (χ1) is 13.0. The van der Waals surface area contributed by atoms with Crippen molar-refractivity contribution in [2.45, 2.75) is 31.7 Å². The molecule has 0 unspecified atom stereocenters. The summed E-state index contributed by atoms with van der Waals surface area (Å²) in [4.78, 5) is 2.17. The van der Waals surface area contributed by atoms with Crippen LogP contribution in [0.1, 0.15) is 34.8 Å². The highest BCUT2D eigenvalue weighted by atomic mass is 19.4. The third-order valence-electron chi connectivity index (χ3n) is 5.17.